The van der Waals surface area contributed by atoms with Crippen molar-refractivity contribution in [1.82, 2.24) is 5.32 Å². The highest BCUT2D eigenvalue weighted by Crippen LogP contribution is 2.28. The fourth-order valence-corrected chi connectivity index (χ4v) is 2.46. The Kier molecular flexibility index (Phi) is 5.95. The van der Waals surface area contributed by atoms with Crippen LogP contribution in [0.4, 0.5) is 5.69 Å². The zero-order valence-electron chi connectivity index (χ0n) is 12.6. The highest BCUT2D eigenvalue weighted by atomic mass is 79.9. The zero-order chi connectivity index (χ0) is 16.8. The number of methoxy groups -OCH3 is 2. The molecule has 23 heavy (non-hydrogen) atoms. The van der Waals surface area contributed by atoms with Crippen molar-refractivity contribution in [1.29, 1.82) is 0 Å². The molecule has 0 saturated heterocycles. The molecule has 2 aromatic rings. The molecule has 0 aliphatic carbocycles. The summed E-state index contributed by atoms with van der Waals surface area (Å²) < 4.78 is 11.2. The van der Waals surface area contributed by atoms with Crippen LogP contribution < -0.4 is 20.1 Å². The van der Waals surface area contributed by atoms with E-state index < -0.39 is 0 Å². The monoisotopic (exact) mass is 394 g/mol. The van der Waals surface area contributed by atoms with Crippen LogP contribution in [-0.2, 0) is 0 Å². The van der Waals surface area contributed by atoms with Crippen LogP contribution in [0.1, 0.15) is 10.4 Å². The molecule has 1 amide bonds. The maximum Gasteiger partial charge on any atom is 0.257 e. The minimum atomic E-state index is -0.295. The second kappa shape index (κ2) is 7.94. The van der Waals surface area contributed by atoms with Crippen molar-refractivity contribution in [2.45, 2.75) is 0 Å². The lowest BCUT2D eigenvalue weighted by Gasteiger charge is -2.13. The van der Waals surface area contributed by atoms with E-state index in [0.29, 0.717) is 22.7 Å². The molecule has 0 spiro atoms. The van der Waals surface area contributed by atoms with Gasteiger partial charge in [0.15, 0.2) is 5.11 Å². The smallest absolute Gasteiger partial charge is 0.257 e. The van der Waals surface area contributed by atoms with Crippen molar-refractivity contribution >= 4 is 44.9 Å². The first-order valence-corrected chi connectivity index (χ1v) is 7.83. The molecule has 2 aromatic carbocycles. The third-order valence-electron chi connectivity index (χ3n) is 2.97. The van der Waals surface area contributed by atoms with Gasteiger partial charge in [-0.25, -0.2) is 0 Å². The van der Waals surface area contributed by atoms with E-state index in [-0.39, 0.29) is 11.0 Å². The molecule has 2 N–H and O–H groups in total. The van der Waals surface area contributed by atoms with Gasteiger partial charge < -0.3 is 14.8 Å². The lowest BCUT2D eigenvalue weighted by atomic mass is 10.2. The number of hydrogen-bond donors (Lipinski definition) is 2. The molecule has 0 bridgehead atoms. The van der Waals surface area contributed by atoms with Crippen molar-refractivity contribution in [2.75, 3.05) is 19.5 Å². The van der Waals surface area contributed by atoms with Crippen LogP contribution in [0.2, 0.25) is 0 Å². The van der Waals surface area contributed by atoms with Gasteiger partial charge in [-0.2, -0.15) is 0 Å². The lowest BCUT2D eigenvalue weighted by Crippen LogP contribution is -2.34. The Bertz CT molecular complexity index is 737. The summed E-state index contributed by atoms with van der Waals surface area (Å²) in [5.74, 6) is 0.927. The number of benzene rings is 2. The van der Waals surface area contributed by atoms with E-state index >= 15 is 0 Å². The lowest BCUT2D eigenvalue weighted by molar-refractivity contribution is 0.0977. The van der Waals surface area contributed by atoms with Gasteiger partial charge in [0.2, 0.25) is 0 Å². The average Bonchev–Trinajstić information content (AvgIpc) is 2.55. The molecular weight excluding hydrogens is 380 g/mol. The molecule has 0 aliphatic rings. The predicted molar refractivity (Wildman–Crippen MR) is 97.4 cm³/mol. The fraction of sp³-hybridized carbons (Fsp3) is 0.125. The van der Waals surface area contributed by atoms with Crippen LogP contribution in [0, 0.1) is 0 Å². The van der Waals surface area contributed by atoms with Crippen molar-refractivity contribution < 1.29 is 14.3 Å². The van der Waals surface area contributed by atoms with Gasteiger partial charge in [-0.15, -0.1) is 0 Å². The summed E-state index contributed by atoms with van der Waals surface area (Å²) in [6.45, 7) is 0. The van der Waals surface area contributed by atoms with Crippen LogP contribution in [0.15, 0.2) is 46.9 Å². The van der Waals surface area contributed by atoms with Gasteiger partial charge in [-0.05, 0) is 42.5 Å². The van der Waals surface area contributed by atoms with Crippen molar-refractivity contribution in [3.05, 3.63) is 52.5 Å². The van der Waals surface area contributed by atoms with E-state index in [1.807, 2.05) is 6.07 Å². The first kappa shape index (κ1) is 17.2. The van der Waals surface area contributed by atoms with Gasteiger partial charge in [0.05, 0.1) is 19.9 Å². The Hall–Kier alpha value is -2.12. The van der Waals surface area contributed by atoms with E-state index in [4.69, 9.17) is 21.7 Å². The van der Waals surface area contributed by atoms with Crippen LogP contribution in [0.25, 0.3) is 0 Å². The van der Waals surface area contributed by atoms with Crippen molar-refractivity contribution in [3.63, 3.8) is 0 Å². The number of carbonyl (C=O) groups is 1. The standard InChI is InChI=1S/C16H15BrN2O3S/c1-21-12-6-7-13(14(9-12)22-2)18-16(23)19-15(20)10-4-3-5-11(17)8-10/h3-9H,1-2H3,(H2,18,19,20,23). The van der Waals surface area contributed by atoms with Crippen LogP contribution in [0.3, 0.4) is 0 Å². The summed E-state index contributed by atoms with van der Waals surface area (Å²) >= 11 is 8.50. The van der Waals surface area contributed by atoms with Crippen LogP contribution in [-0.4, -0.2) is 25.2 Å². The molecule has 0 fully saturated rings. The maximum absolute atomic E-state index is 12.1. The molecule has 0 aromatic heterocycles. The molecule has 0 unspecified atom stereocenters. The largest absolute Gasteiger partial charge is 0.497 e. The SMILES string of the molecule is COc1ccc(NC(=S)NC(=O)c2cccc(Br)c2)c(OC)c1. The van der Waals surface area contributed by atoms with Gasteiger partial charge >= 0.3 is 0 Å². The minimum absolute atomic E-state index is 0.179. The van der Waals surface area contributed by atoms with Gasteiger partial charge in [0.1, 0.15) is 11.5 Å². The summed E-state index contributed by atoms with van der Waals surface area (Å²) in [5, 5.41) is 5.74. The molecule has 0 saturated carbocycles. The number of rotatable bonds is 4. The summed E-state index contributed by atoms with van der Waals surface area (Å²) in [6.07, 6.45) is 0. The summed E-state index contributed by atoms with van der Waals surface area (Å²) in [7, 11) is 3.12. The van der Waals surface area contributed by atoms with E-state index in [2.05, 4.69) is 26.6 Å². The van der Waals surface area contributed by atoms with Gasteiger partial charge in [-0.1, -0.05) is 22.0 Å². The second-order valence-corrected chi connectivity index (χ2v) is 5.81. The molecule has 0 atom stereocenters. The summed E-state index contributed by atoms with van der Waals surface area (Å²) in [6, 6.07) is 12.3. The first-order valence-electron chi connectivity index (χ1n) is 6.63. The van der Waals surface area contributed by atoms with E-state index in [0.717, 1.165) is 4.47 Å². The molecular formula is C16H15BrN2O3S. The second-order valence-electron chi connectivity index (χ2n) is 4.48. The molecule has 7 heteroatoms. The number of anilines is 1. The van der Waals surface area contributed by atoms with Gasteiger partial charge in [0, 0.05) is 16.1 Å². The van der Waals surface area contributed by atoms with E-state index in [9.17, 15) is 4.79 Å². The van der Waals surface area contributed by atoms with Crippen LogP contribution >= 0.6 is 28.1 Å². The zero-order valence-corrected chi connectivity index (χ0v) is 15.0. The highest BCUT2D eigenvalue weighted by molar-refractivity contribution is 9.10. The Morgan fingerprint density at radius 3 is 2.57 bits per heavy atom. The molecule has 0 heterocycles. The maximum atomic E-state index is 12.1. The highest BCUT2D eigenvalue weighted by Gasteiger charge is 2.11. The van der Waals surface area contributed by atoms with Crippen molar-refractivity contribution in [2.24, 2.45) is 0 Å². The molecule has 0 aliphatic heterocycles. The topological polar surface area (TPSA) is 59.6 Å². The quantitative estimate of drug-likeness (QED) is 0.775. The number of nitrogens with one attached hydrogen (secondary N) is 2. The Labute approximate surface area is 148 Å². The number of amides is 1. The Morgan fingerprint density at radius 2 is 1.91 bits per heavy atom. The average molecular weight is 395 g/mol. The minimum Gasteiger partial charge on any atom is -0.497 e. The molecule has 5 nitrogen and oxygen atoms in total. The van der Waals surface area contributed by atoms with E-state index in [1.165, 1.54) is 0 Å². The third-order valence-corrected chi connectivity index (χ3v) is 3.67. The van der Waals surface area contributed by atoms with Gasteiger partial charge in [-0.3, -0.25) is 10.1 Å². The number of halogens is 1. The summed E-state index contributed by atoms with van der Waals surface area (Å²) in [4.78, 5) is 12.1. The number of thiocarbonyl (C=S) groups is 1. The van der Waals surface area contributed by atoms with Gasteiger partial charge in [0.25, 0.3) is 5.91 Å². The molecule has 0 radical (unpaired) electrons. The third kappa shape index (κ3) is 4.67. The Morgan fingerprint density at radius 1 is 1.13 bits per heavy atom. The summed E-state index contributed by atoms with van der Waals surface area (Å²) in [5.41, 5.74) is 1.14. The first-order chi connectivity index (χ1) is 11.0. The number of carbonyl (C=O) groups excluding carboxylic acids is 1. The van der Waals surface area contributed by atoms with Crippen molar-refractivity contribution in [3.8, 4) is 11.5 Å². The van der Waals surface area contributed by atoms with Crippen LogP contribution in [0.5, 0.6) is 11.5 Å². The number of ether oxygens (including phenoxy) is 2. The Balaban J connectivity index is 2.06. The fourth-order valence-electron chi connectivity index (χ4n) is 1.86. The number of hydrogen-bond acceptors (Lipinski definition) is 4. The molecule has 120 valence electrons. The normalized spacial score (nSPS) is 9.87. The molecule has 2 rings (SSSR count). The van der Waals surface area contributed by atoms with E-state index in [1.54, 1.807) is 50.6 Å². The predicted octanol–water partition coefficient (Wildman–Crippen LogP) is 3.59.